The summed E-state index contributed by atoms with van der Waals surface area (Å²) in [6.45, 7) is 1.79. The lowest BCUT2D eigenvalue weighted by Crippen LogP contribution is -2.36. The van der Waals surface area contributed by atoms with Crippen LogP contribution in [0.4, 0.5) is 6.01 Å². The number of rotatable bonds is 4. The molecule has 1 heterocycles. The highest BCUT2D eigenvalue weighted by Crippen LogP contribution is 2.33. The van der Waals surface area contributed by atoms with Gasteiger partial charge in [0.05, 0.1) is 5.69 Å². The third kappa shape index (κ3) is 3.75. The van der Waals surface area contributed by atoms with E-state index in [0.717, 1.165) is 23.7 Å². The van der Waals surface area contributed by atoms with Crippen LogP contribution in [0.2, 0.25) is 0 Å². The molecule has 1 amide bonds. The molecule has 3 rings (SSSR count). The molecule has 1 aromatic heterocycles. The van der Waals surface area contributed by atoms with Crippen LogP contribution in [-0.4, -0.2) is 16.7 Å². The molecule has 24 heavy (non-hydrogen) atoms. The summed E-state index contributed by atoms with van der Waals surface area (Å²) >= 11 is 3.37. The lowest BCUT2D eigenvalue weighted by Gasteiger charge is -2.29. The number of nitrogens with one attached hydrogen (secondary N) is 1. The standard InChI is InChI=1S/C18H19BrN2O3/c1-11-10-24-18(20-11)21-17(23)15-5-3-2-4-14(15)16(22)12-6-8-13(19)9-7-12/h6-10,14-15H,2-5H2,1H3,(H,20,21,23). The number of carbonyl (C=O) groups is 2. The number of amides is 1. The van der Waals surface area contributed by atoms with Crippen molar-refractivity contribution < 1.29 is 14.0 Å². The molecule has 5 nitrogen and oxygen atoms in total. The van der Waals surface area contributed by atoms with Crippen LogP contribution in [0.3, 0.4) is 0 Å². The maximum absolute atomic E-state index is 12.8. The quantitative estimate of drug-likeness (QED) is 0.786. The van der Waals surface area contributed by atoms with Gasteiger partial charge in [0.15, 0.2) is 5.78 Å². The van der Waals surface area contributed by atoms with Crippen molar-refractivity contribution >= 4 is 33.6 Å². The van der Waals surface area contributed by atoms with Crippen LogP contribution in [0.1, 0.15) is 41.7 Å². The Morgan fingerprint density at radius 3 is 2.46 bits per heavy atom. The largest absolute Gasteiger partial charge is 0.432 e. The van der Waals surface area contributed by atoms with Crippen LogP contribution < -0.4 is 5.32 Å². The first-order valence-corrected chi connectivity index (χ1v) is 8.86. The molecule has 1 fully saturated rings. The molecule has 6 heteroatoms. The summed E-state index contributed by atoms with van der Waals surface area (Å²) in [4.78, 5) is 29.5. The minimum absolute atomic E-state index is 0.0333. The van der Waals surface area contributed by atoms with Gasteiger partial charge in [-0.1, -0.05) is 40.9 Å². The number of halogens is 1. The van der Waals surface area contributed by atoms with E-state index in [4.69, 9.17) is 4.42 Å². The predicted octanol–water partition coefficient (Wildman–Crippen LogP) is 4.37. The fraction of sp³-hybridized carbons (Fsp3) is 0.389. The molecule has 2 unspecified atom stereocenters. The summed E-state index contributed by atoms with van der Waals surface area (Å²) in [5.74, 6) is -0.795. The van der Waals surface area contributed by atoms with Crippen molar-refractivity contribution in [2.75, 3.05) is 5.32 Å². The minimum atomic E-state index is -0.345. The molecular formula is C18H19BrN2O3. The van der Waals surface area contributed by atoms with E-state index in [1.54, 1.807) is 19.1 Å². The van der Waals surface area contributed by atoms with E-state index in [1.807, 2.05) is 12.1 Å². The Kier molecular flexibility index (Phi) is 5.14. The van der Waals surface area contributed by atoms with Gasteiger partial charge in [0, 0.05) is 21.9 Å². The maximum Gasteiger partial charge on any atom is 0.301 e. The fourth-order valence-corrected chi connectivity index (χ4v) is 3.46. The smallest absolute Gasteiger partial charge is 0.301 e. The van der Waals surface area contributed by atoms with Gasteiger partial charge in [-0.05, 0) is 31.9 Å². The van der Waals surface area contributed by atoms with Gasteiger partial charge in [-0.3, -0.25) is 14.9 Å². The Hall–Kier alpha value is -1.95. The molecule has 0 radical (unpaired) electrons. The van der Waals surface area contributed by atoms with E-state index in [2.05, 4.69) is 26.2 Å². The van der Waals surface area contributed by atoms with Crippen molar-refractivity contribution in [1.29, 1.82) is 0 Å². The summed E-state index contributed by atoms with van der Waals surface area (Å²) in [6, 6.07) is 7.49. The van der Waals surface area contributed by atoms with Crippen molar-refractivity contribution in [3.8, 4) is 0 Å². The molecule has 1 aliphatic rings. The first kappa shape index (κ1) is 16.9. The van der Waals surface area contributed by atoms with E-state index in [1.165, 1.54) is 6.26 Å². The molecule has 2 atom stereocenters. The summed E-state index contributed by atoms with van der Waals surface area (Å²) in [7, 11) is 0. The molecule has 1 aliphatic carbocycles. The van der Waals surface area contributed by atoms with Gasteiger partial charge >= 0.3 is 6.01 Å². The Morgan fingerprint density at radius 2 is 1.83 bits per heavy atom. The number of benzene rings is 1. The zero-order chi connectivity index (χ0) is 17.1. The van der Waals surface area contributed by atoms with Gasteiger partial charge in [0.25, 0.3) is 0 Å². The second-order valence-electron chi connectivity index (χ2n) is 6.15. The molecule has 0 bridgehead atoms. The first-order chi connectivity index (χ1) is 11.5. The Bertz CT molecular complexity index is 739. The Labute approximate surface area is 149 Å². The highest BCUT2D eigenvalue weighted by molar-refractivity contribution is 9.10. The average molecular weight is 391 g/mol. The molecule has 0 saturated heterocycles. The molecule has 0 aliphatic heterocycles. The highest BCUT2D eigenvalue weighted by atomic mass is 79.9. The zero-order valence-corrected chi connectivity index (χ0v) is 15.0. The molecule has 126 valence electrons. The zero-order valence-electron chi connectivity index (χ0n) is 13.4. The first-order valence-electron chi connectivity index (χ1n) is 8.07. The number of oxazole rings is 1. The summed E-state index contributed by atoms with van der Waals surface area (Å²) in [5, 5.41) is 2.70. The van der Waals surface area contributed by atoms with E-state index in [0.29, 0.717) is 17.7 Å². The number of hydrogen-bond donors (Lipinski definition) is 1. The monoisotopic (exact) mass is 390 g/mol. The Balaban J connectivity index is 1.76. The van der Waals surface area contributed by atoms with Gasteiger partial charge in [-0.25, -0.2) is 0 Å². The van der Waals surface area contributed by atoms with E-state index >= 15 is 0 Å². The number of nitrogens with zero attached hydrogens (tertiary/aromatic N) is 1. The second-order valence-corrected chi connectivity index (χ2v) is 7.07. The molecule has 1 N–H and O–H groups in total. The fourth-order valence-electron chi connectivity index (χ4n) is 3.20. The van der Waals surface area contributed by atoms with Crippen LogP contribution in [0.5, 0.6) is 0 Å². The highest BCUT2D eigenvalue weighted by Gasteiger charge is 2.36. The van der Waals surface area contributed by atoms with Crippen molar-refractivity contribution in [3.05, 3.63) is 46.3 Å². The lowest BCUT2D eigenvalue weighted by molar-refractivity contribution is -0.122. The van der Waals surface area contributed by atoms with Crippen molar-refractivity contribution in [3.63, 3.8) is 0 Å². The molecule has 1 saturated carbocycles. The number of Topliss-reactive ketones (excluding diaryl/α,β-unsaturated/α-hetero) is 1. The second kappa shape index (κ2) is 7.30. The van der Waals surface area contributed by atoms with Crippen molar-refractivity contribution in [2.24, 2.45) is 11.8 Å². The topological polar surface area (TPSA) is 72.2 Å². The van der Waals surface area contributed by atoms with Crippen molar-refractivity contribution in [2.45, 2.75) is 32.6 Å². The van der Waals surface area contributed by atoms with E-state index < -0.39 is 0 Å². The molecule has 0 spiro atoms. The molecule has 2 aromatic rings. The lowest BCUT2D eigenvalue weighted by atomic mass is 9.75. The third-order valence-corrected chi connectivity index (χ3v) is 4.95. The maximum atomic E-state index is 12.8. The van der Waals surface area contributed by atoms with E-state index in [-0.39, 0.29) is 29.5 Å². The Morgan fingerprint density at radius 1 is 1.17 bits per heavy atom. The summed E-state index contributed by atoms with van der Waals surface area (Å²) in [6.07, 6.45) is 4.85. The third-order valence-electron chi connectivity index (χ3n) is 4.42. The van der Waals surface area contributed by atoms with Gasteiger partial charge in [0.2, 0.25) is 5.91 Å². The average Bonchev–Trinajstić information content (AvgIpc) is 3.00. The van der Waals surface area contributed by atoms with Gasteiger partial charge in [-0.15, -0.1) is 0 Å². The summed E-state index contributed by atoms with van der Waals surface area (Å²) < 4.78 is 6.11. The number of carbonyl (C=O) groups excluding carboxylic acids is 2. The van der Waals surface area contributed by atoms with Crippen LogP contribution in [0.25, 0.3) is 0 Å². The van der Waals surface area contributed by atoms with Crippen LogP contribution >= 0.6 is 15.9 Å². The van der Waals surface area contributed by atoms with Crippen LogP contribution in [0, 0.1) is 18.8 Å². The van der Waals surface area contributed by atoms with Crippen LogP contribution in [0.15, 0.2) is 39.4 Å². The molecule has 1 aromatic carbocycles. The number of hydrogen-bond acceptors (Lipinski definition) is 4. The normalized spacial score (nSPS) is 20.6. The number of anilines is 1. The number of aryl methyl sites for hydroxylation is 1. The van der Waals surface area contributed by atoms with Gasteiger partial charge in [-0.2, -0.15) is 4.98 Å². The summed E-state index contributed by atoms with van der Waals surface area (Å²) in [5.41, 5.74) is 1.35. The van der Waals surface area contributed by atoms with Crippen LogP contribution in [-0.2, 0) is 4.79 Å². The van der Waals surface area contributed by atoms with Gasteiger partial charge < -0.3 is 4.42 Å². The SMILES string of the molecule is Cc1coc(NC(=O)C2CCCCC2C(=O)c2ccc(Br)cc2)n1. The number of aromatic nitrogens is 1. The minimum Gasteiger partial charge on any atom is -0.432 e. The number of ketones is 1. The van der Waals surface area contributed by atoms with Gasteiger partial charge in [0.1, 0.15) is 6.26 Å². The van der Waals surface area contributed by atoms with Crippen molar-refractivity contribution in [1.82, 2.24) is 4.98 Å². The predicted molar refractivity (Wildman–Crippen MR) is 93.8 cm³/mol. The molecular weight excluding hydrogens is 372 g/mol. The van der Waals surface area contributed by atoms with E-state index in [9.17, 15) is 9.59 Å².